The van der Waals surface area contributed by atoms with Gasteiger partial charge in [-0.3, -0.25) is 0 Å². The molecule has 1 saturated heterocycles. The second-order valence-electron chi connectivity index (χ2n) is 3.78. The van der Waals surface area contributed by atoms with E-state index in [0.29, 0.717) is 6.04 Å². The molecule has 1 aromatic carbocycles. The lowest BCUT2D eigenvalue weighted by atomic mass is 9.98. The maximum Gasteiger partial charge on any atom is 0.118 e. The molecule has 0 amide bonds. The molecule has 0 radical (unpaired) electrons. The van der Waals surface area contributed by atoms with Crippen molar-refractivity contribution in [2.75, 3.05) is 13.7 Å². The Morgan fingerprint density at radius 3 is 2.47 bits per heavy atom. The first-order valence-electron chi connectivity index (χ1n) is 5.27. The van der Waals surface area contributed by atoms with Crippen molar-refractivity contribution in [3.8, 4) is 5.75 Å². The summed E-state index contributed by atoms with van der Waals surface area (Å²) < 4.78 is 5.14. The number of methoxy groups -OCH3 is 1. The van der Waals surface area contributed by atoms with E-state index in [4.69, 9.17) is 4.74 Å². The molecule has 1 heterocycles. The van der Waals surface area contributed by atoms with E-state index < -0.39 is 0 Å². The molecule has 1 aliphatic rings. The Hall–Kier alpha value is -0.730. The number of rotatable bonds is 2. The molecule has 84 valence electrons. The van der Waals surface area contributed by atoms with E-state index in [1.165, 1.54) is 24.8 Å². The van der Waals surface area contributed by atoms with E-state index in [1.807, 2.05) is 12.1 Å². The minimum Gasteiger partial charge on any atom is -0.497 e. The van der Waals surface area contributed by atoms with E-state index in [2.05, 4.69) is 17.4 Å². The van der Waals surface area contributed by atoms with Crippen LogP contribution in [0.3, 0.4) is 0 Å². The molecule has 1 aliphatic heterocycles. The van der Waals surface area contributed by atoms with Crippen LogP contribution in [-0.4, -0.2) is 13.7 Å². The summed E-state index contributed by atoms with van der Waals surface area (Å²) in [6.07, 6.45) is 3.91. The fourth-order valence-corrected chi connectivity index (χ4v) is 1.97. The average Bonchev–Trinajstić information content (AvgIpc) is 2.30. The van der Waals surface area contributed by atoms with Crippen LogP contribution in [0.4, 0.5) is 0 Å². The Morgan fingerprint density at radius 1 is 1.20 bits per heavy atom. The van der Waals surface area contributed by atoms with Gasteiger partial charge < -0.3 is 10.1 Å². The summed E-state index contributed by atoms with van der Waals surface area (Å²) in [6.45, 7) is 1.15. The Labute approximate surface area is 97.4 Å². The number of ether oxygens (including phenoxy) is 1. The first kappa shape index (κ1) is 12.3. The summed E-state index contributed by atoms with van der Waals surface area (Å²) in [5, 5.41) is 3.53. The van der Waals surface area contributed by atoms with Gasteiger partial charge in [0.15, 0.2) is 0 Å². The number of benzene rings is 1. The number of hydrogen-bond acceptors (Lipinski definition) is 2. The fourth-order valence-electron chi connectivity index (χ4n) is 1.97. The van der Waals surface area contributed by atoms with Crippen LogP contribution in [-0.2, 0) is 0 Å². The normalized spacial score (nSPS) is 20.5. The van der Waals surface area contributed by atoms with E-state index in [1.54, 1.807) is 7.11 Å². The summed E-state index contributed by atoms with van der Waals surface area (Å²) in [5.74, 6) is 0.935. The van der Waals surface area contributed by atoms with Gasteiger partial charge in [-0.1, -0.05) is 18.6 Å². The number of nitrogens with one attached hydrogen (secondary N) is 1. The minimum absolute atomic E-state index is 0. The zero-order chi connectivity index (χ0) is 9.80. The summed E-state index contributed by atoms with van der Waals surface area (Å²) in [4.78, 5) is 0. The van der Waals surface area contributed by atoms with Crippen molar-refractivity contribution < 1.29 is 4.74 Å². The van der Waals surface area contributed by atoms with Crippen molar-refractivity contribution >= 4 is 12.4 Å². The van der Waals surface area contributed by atoms with Crippen molar-refractivity contribution in [3.05, 3.63) is 29.8 Å². The van der Waals surface area contributed by atoms with Crippen LogP contribution in [0.5, 0.6) is 5.75 Å². The van der Waals surface area contributed by atoms with Gasteiger partial charge in [-0.05, 0) is 37.1 Å². The molecule has 1 N–H and O–H groups in total. The third kappa shape index (κ3) is 3.11. The standard InChI is InChI=1S/C12H17NO.ClH/c1-14-11-7-5-10(6-8-11)12-4-2-3-9-13-12;/h5-8,12-13H,2-4,9H2,1H3;1H. The highest BCUT2D eigenvalue weighted by atomic mass is 35.5. The van der Waals surface area contributed by atoms with E-state index >= 15 is 0 Å². The van der Waals surface area contributed by atoms with Gasteiger partial charge in [0.25, 0.3) is 0 Å². The largest absolute Gasteiger partial charge is 0.497 e. The van der Waals surface area contributed by atoms with Gasteiger partial charge in [-0.15, -0.1) is 12.4 Å². The molecule has 1 unspecified atom stereocenters. The number of piperidine rings is 1. The second kappa shape index (κ2) is 5.99. The van der Waals surface area contributed by atoms with E-state index in [0.717, 1.165) is 12.3 Å². The highest BCUT2D eigenvalue weighted by Crippen LogP contribution is 2.24. The Morgan fingerprint density at radius 2 is 1.93 bits per heavy atom. The quantitative estimate of drug-likeness (QED) is 0.839. The van der Waals surface area contributed by atoms with Gasteiger partial charge in [-0.25, -0.2) is 0 Å². The summed E-state index contributed by atoms with van der Waals surface area (Å²) in [6, 6.07) is 8.93. The molecule has 0 aromatic heterocycles. The van der Waals surface area contributed by atoms with E-state index in [-0.39, 0.29) is 12.4 Å². The minimum atomic E-state index is 0. The van der Waals surface area contributed by atoms with E-state index in [9.17, 15) is 0 Å². The van der Waals surface area contributed by atoms with Gasteiger partial charge in [-0.2, -0.15) is 0 Å². The molecule has 0 spiro atoms. The van der Waals surface area contributed by atoms with Crippen molar-refractivity contribution in [1.29, 1.82) is 0 Å². The van der Waals surface area contributed by atoms with Crippen LogP contribution in [0.2, 0.25) is 0 Å². The molecule has 0 aliphatic carbocycles. The topological polar surface area (TPSA) is 21.3 Å². The Bertz CT molecular complexity index is 280. The molecule has 1 atom stereocenters. The summed E-state index contributed by atoms with van der Waals surface area (Å²) in [5.41, 5.74) is 1.38. The lowest BCUT2D eigenvalue weighted by molar-refractivity contribution is 0.406. The highest BCUT2D eigenvalue weighted by molar-refractivity contribution is 5.85. The van der Waals surface area contributed by atoms with Crippen LogP contribution in [0.15, 0.2) is 24.3 Å². The first-order chi connectivity index (χ1) is 6.90. The predicted octanol–water partition coefficient (Wildman–Crippen LogP) is 2.93. The molecule has 15 heavy (non-hydrogen) atoms. The van der Waals surface area contributed by atoms with Gasteiger partial charge >= 0.3 is 0 Å². The molecular weight excluding hydrogens is 210 g/mol. The van der Waals surface area contributed by atoms with Crippen molar-refractivity contribution in [2.24, 2.45) is 0 Å². The van der Waals surface area contributed by atoms with Gasteiger partial charge in [0.05, 0.1) is 7.11 Å². The van der Waals surface area contributed by atoms with Gasteiger partial charge in [0.2, 0.25) is 0 Å². The lowest BCUT2D eigenvalue weighted by Gasteiger charge is -2.23. The maximum atomic E-state index is 5.14. The zero-order valence-corrected chi connectivity index (χ0v) is 9.85. The molecule has 1 aromatic rings. The maximum absolute atomic E-state index is 5.14. The number of halogens is 1. The van der Waals surface area contributed by atoms with Crippen LogP contribution in [0.1, 0.15) is 30.9 Å². The SMILES string of the molecule is COc1ccc(C2CCCCN2)cc1.Cl. The molecule has 0 saturated carbocycles. The second-order valence-corrected chi connectivity index (χ2v) is 3.78. The van der Waals surface area contributed by atoms with Crippen molar-refractivity contribution in [3.63, 3.8) is 0 Å². The third-order valence-electron chi connectivity index (χ3n) is 2.83. The summed E-state index contributed by atoms with van der Waals surface area (Å²) in [7, 11) is 1.70. The van der Waals surface area contributed by atoms with Crippen LogP contribution in [0.25, 0.3) is 0 Å². The molecule has 1 fully saturated rings. The van der Waals surface area contributed by atoms with Crippen LogP contribution >= 0.6 is 12.4 Å². The zero-order valence-electron chi connectivity index (χ0n) is 9.03. The molecule has 0 bridgehead atoms. The van der Waals surface area contributed by atoms with Gasteiger partial charge in [0.1, 0.15) is 5.75 Å². The average molecular weight is 228 g/mol. The fraction of sp³-hybridized carbons (Fsp3) is 0.500. The number of hydrogen-bond donors (Lipinski definition) is 1. The smallest absolute Gasteiger partial charge is 0.118 e. The van der Waals surface area contributed by atoms with Crippen molar-refractivity contribution in [2.45, 2.75) is 25.3 Å². The molecular formula is C12H18ClNO. The lowest BCUT2D eigenvalue weighted by Crippen LogP contribution is -2.26. The Kier molecular flexibility index (Phi) is 4.92. The first-order valence-corrected chi connectivity index (χ1v) is 5.27. The molecule has 2 rings (SSSR count). The predicted molar refractivity (Wildman–Crippen MR) is 64.8 cm³/mol. The summed E-state index contributed by atoms with van der Waals surface area (Å²) >= 11 is 0. The highest BCUT2D eigenvalue weighted by Gasteiger charge is 2.13. The van der Waals surface area contributed by atoms with Crippen molar-refractivity contribution in [1.82, 2.24) is 5.32 Å². The third-order valence-corrected chi connectivity index (χ3v) is 2.83. The van der Waals surface area contributed by atoms with Crippen LogP contribution < -0.4 is 10.1 Å². The molecule has 2 nitrogen and oxygen atoms in total. The molecule has 3 heteroatoms. The monoisotopic (exact) mass is 227 g/mol. The van der Waals surface area contributed by atoms with Crippen LogP contribution in [0, 0.1) is 0 Å². The Balaban J connectivity index is 0.00000112. The van der Waals surface area contributed by atoms with Gasteiger partial charge in [0, 0.05) is 6.04 Å².